The molecule has 124 valence electrons. The summed E-state index contributed by atoms with van der Waals surface area (Å²) in [5.74, 6) is 0.605. The third-order valence-electron chi connectivity index (χ3n) is 4.84. The standard InChI is InChI=1S/C15H24F2N4S/c1-11-5-2-3-7-20(11)9-12-6-4-8-21(10-12)15-19-18-14(22-15)13(16)17/h11-13H,2-10H2,1H3/t11-,12-/m1/s1. The van der Waals surface area contributed by atoms with Gasteiger partial charge in [0.15, 0.2) is 5.01 Å². The van der Waals surface area contributed by atoms with Crippen LogP contribution in [-0.4, -0.2) is 47.3 Å². The molecule has 0 unspecified atom stereocenters. The molecule has 2 aliphatic heterocycles. The number of alkyl halides is 2. The minimum Gasteiger partial charge on any atom is -0.346 e. The molecule has 0 aromatic carbocycles. The molecule has 0 amide bonds. The lowest BCUT2D eigenvalue weighted by Gasteiger charge is -2.39. The molecule has 2 atom stereocenters. The van der Waals surface area contributed by atoms with Gasteiger partial charge in [-0.3, -0.25) is 0 Å². The Morgan fingerprint density at radius 2 is 2.05 bits per heavy atom. The second-order valence-electron chi connectivity index (χ2n) is 6.52. The van der Waals surface area contributed by atoms with Crippen LogP contribution in [0.2, 0.25) is 0 Å². The number of nitrogens with zero attached hydrogens (tertiary/aromatic N) is 4. The average Bonchev–Trinajstić information content (AvgIpc) is 3.00. The first-order valence-electron chi connectivity index (χ1n) is 8.24. The Morgan fingerprint density at radius 1 is 1.18 bits per heavy atom. The predicted molar refractivity (Wildman–Crippen MR) is 84.7 cm³/mol. The Kier molecular flexibility index (Phi) is 5.23. The van der Waals surface area contributed by atoms with Gasteiger partial charge in [0.2, 0.25) is 5.13 Å². The summed E-state index contributed by atoms with van der Waals surface area (Å²) in [7, 11) is 0. The van der Waals surface area contributed by atoms with Crippen molar-refractivity contribution < 1.29 is 8.78 Å². The normalized spacial score (nSPS) is 27.5. The van der Waals surface area contributed by atoms with Crippen LogP contribution in [0.4, 0.5) is 13.9 Å². The van der Waals surface area contributed by atoms with E-state index in [2.05, 4.69) is 26.9 Å². The minimum absolute atomic E-state index is 0.165. The fourth-order valence-corrected chi connectivity index (χ4v) is 4.33. The largest absolute Gasteiger partial charge is 0.346 e. The molecular formula is C15H24F2N4S. The van der Waals surface area contributed by atoms with Gasteiger partial charge < -0.3 is 9.80 Å². The van der Waals surface area contributed by atoms with Crippen LogP contribution in [0.25, 0.3) is 0 Å². The van der Waals surface area contributed by atoms with Crippen LogP contribution >= 0.6 is 11.3 Å². The second-order valence-corrected chi connectivity index (χ2v) is 7.51. The fourth-order valence-electron chi connectivity index (χ4n) is 3.59. The minimum atomic E-state index is -2.51. The summed E-state index contributed by atoms with van der Waals surface area (Å²) in [6.45, 7) is 6.47. The van der Waals surface area contributed by atoms with Gasteiger partial charge in [-0.15, -0.1) is 10.2 Å². The number of halogens is 2. The van der Waals surface area contributed by atoms with Crippen molar-refractivity contribution in [2.75, 3.05) is 31.1 Å². The molecule has 0 aliphatic carbocycles. The molecular weight excluding hydrogens is 306 g/mol. The zero-order valence-electron chi connectivity index (χ0n) is 13.0. The van der Waals surface area contributed by atoms with Gasteiger partial charge in [0.05, 0.1) is 0 Å². The van der Waals surface area contributed by atoms with E-state index in [1.165, 1.54) is 32.2 Å². The van der Waals surface area contributed by atoms with Crippen molar-refractivity contribution in [2.24, 2.45) is 5.92 Å². The molecule has 0 N–H and O–H groups in total. The molecule has 3 rings (SSSR count). The highest BCUT2D eigenvalue weighted by molar-refractivity contribution is 7.15. The van der Waals surface area contributed by atoms with E-state index in [4.69, 9.17) is 0 Å². The predicted octanol–water partition coefficient (Wildman–Crippen LogP) is 3.57. The van der Waals surface area contributed by atoms with E-state index >= 15 is 0 Å². The smallest absolute Gasteiger partial charge is 0.291 e. The van der Waals surface area contributed by atoms with E-state index in [0.29, 0.717) is 17.1 Å². The molecule has 1 aromatic heterocycles. The Bertz CT molecular complexity index is 482. The molecule has 2 fully saturated rings. The van der Waals surface area contributed by atoms with E-state index in [-0.39, 0.29) is 5.01 Å². The lowest BCUT2D eigenvalue weighted by molar-refractivity contribution is 0.130. The van der Waals surface area contributed by atoms with Crippen molar-refractivity contribution in [2.45, 2.75) is 51.5 Å². The van der Waals surface area contributed by atoms with E-state index in [1.807, 2.05) is 0 Å². The molecule has 7 heteroatoms. The molecule has 0 radical (unpaired) electrons. The van der Waals surface area contributed by atoms with Crippen molar-refractivity contribution in [3.63, 3.8) is 0 Å². The summed E-state index contributed by atoms with van der Waals surface area (Å²) in [4.78, 5) is 4.74. The van der Waals surface area contributed by atoms with Crippen molar-refractivity contribution >= 4 is 16.5 Å². The number of piperidine rings is 2. The van der Waals surface area contributed by atoms with E-state index in [0.717, 1.165) is 37.4 Å². The zero-order chi connectivity index (χ0) is 15.5. The summed E-state index contributed by atoms with van der Waals surface area (Å²) in [5, 5.41) is 8.06. The summed E-state index contributed by atoms with van der Waals surface area (Å²) >= 11 is 1.04. The van der Waals surface area contributed by atoms with Crippen molar-refractivity contribution in [3.05, 3.63) is 5.01 Å². The highest BCUT2D eigenvalue weighted by Gasteiger charge is 2.27. The van der Waals surface area contributed by atoms with Gasteiger partial charge in [-0.25, -0.2) is 8.78 Å². The van der Waals surface area contributed by atoms with Crippen LogP contribution in [-0.2, 0) is 0 Å². The van der Waals surface area contributed by atoms with Gasteiger partial charge in [-0.2, -0.15) is 0 Å². The Morgan fingerprint density at radius 3 is 2.77 bits per heavy atom. The lowest BCUT2D eigenvalue weighted by atomic mass is 9.95. The van der Waals surface area contributed by atoms with E-state index in [9.17, 15) is 8.78 Å². The fraction of sp³-hybridized carbons (Fsp3) is 0.867. The Hall–Kier alpha value is -0.820. The molecule has 2 saturated heterocycles. The van der Waals surface area contributed by atoms with Gasteiger partial charge in [-0.1, -0.05) is 17.8 Å². The van der Waals surface area contributed by atoms with Crippen LogP contribution < -0.4 is 4.90 Å². The number of hydrogen-bond donors (Lipinski definition) is 0. The first kappa shape index (κ1) is 16.1. The maximum Gasteiger partial charge on any atom is 0.291 e. The molecule has 2 aliphatic rings. The van der Waals surface area contributed by atoms with Crippen LogP contribution in [0.5, 0.6) is 0 Å². The summed E-state index contributed by atoms with van der Waals surface area (Å²) in [6.07, 6.45) is 3.76. The zero-order valence-corrected chi connectivity index (χ0v) is 13.9. The van der Waals surface area contributed by atoms with Crippen LogP contribution in [0, 0.1) is 5.92 Å². The summed E-state index contributed by atoms with van der Waals surface area (Å²) in [6, 6.07) is 0.677. The Labute approximate surface area is 134 Å². The topological polar surface area (TPSA) is 32.3 Å². The summed E-state index contributed by atoms with van der Waals surface area (Å²) < 4.78 is 25.3. The Balaban J connectivity index is 1.58. The lowest BCUT2D eigenvalue weighted by Crippen LogP contribution is -2.45. The van der Waals surface area contributed by atoms with Gasteiger partial charge in [0.25, 0.3) is 6.43 Å². The molecule has 22 heavy (non-hydrogen) atoms. The molecule has 0 saturated carbocycles. The summed E-state index contributed by atoms with van der Waals surface area (Å²) in [5.41, 5.74) is 0. The average molecular weight is 330 g/mol. The van der Waals surface area contributed by atoms with E-state index in [1.54, 1.807) is 0 Å². The van der Waals surface area contributed by atoms with Crippen LogP contribution in [0.15, 0.2) is 0 Å². The molecule has 0 spiro atoms. The number of rotatable bonds is 4. The first-order chi connectivity index (χ1) is 10.6. The molecule has 1 aromatic rings. The third-order valence-corrected chi connectivity index (χ3v) is 5.83. The van der Waals surface area contributed by atoms with E-state index < -0.39 is 6.43 Å². The van der Waals surface area contributed by atoms with Gasteiger partial charge in [0.1, 0.15) is 0 Å². The van der Waals surface area contributed by atoms with Crippen LogP contribution in [0.1, 0.15) is 50.5 Å². The monoisotopic (exact) mass is 330 g/mol. The van der Waals surface area contributed by atoms with Crippen molar-refractivity contribution in [3.8, 4) is 0 Å². The number of anilines is 1. The molecule has 3 heterocycles. The second kappa shape index (κ2) is 7.17. The van der Waals surface area contributed by atoms with Gasteiger partial charge in [-0.05, 0) is 45.1 Å². The van der Waals surface area contributed by atoms with Gasteiger partial charge >= 0.3 is 0 Å². The maximum absolute atomic E-state index is 12.7. The van der Waals surface area contributed by atoms with Gasteiger partial charge in [0, 0.05) is 25.7 Å². The third kappa shape index (κ3) is 3.74. The molecule has 0 bridgehead atoms. The maximum atomic E-state index is 12.7. The number of aromatic nitrogens is 2. The number of likely N-dealkylation sites (tertiary alicyclic amines) is 1. The highest BCUT2D eigenvalue weighted by Crippen LogP contribution is 2.31. The highest BCUT2D eigenvalue weighted by atomic mass is 32.1. The van der Waals surface area contributed by atoms with Crippen molar-refractivity contribution in [1.29, 1.82) is 0 Å². The molecule has 4 nitrogen and oxygen atoms in total. The van der Waals surface area contributed by atoms with Crippen molar-refractivity contribution in [1.82, 2.24) is 15.1 Å². The first-order valence-corrected chi connectivity index (χ1v) is 9.05. The van der Waals surface area contributed by atoms with Crippen LogP contribution in [0.3, 0.4) is 0 Å². The SMILES string of the molecule is C[C@@H]1CCCCN1C[C@H]1CCCN(c2nnc(C(F)F)s2)C1. The number of hydrogen-bond acceptors (Lipinski definition) is 5. The quantitative estimate of drug-likeness (QED) is 0.845.